The van der Waals surface area contributed by atoms with Crippen molar-refractivity contribution in [2.24, 2.45) is 5.92 Å². The summed E-state index contributed by atoms with van der Waals surface area (Å²) in [6.45, 7) is 8.26. The van der Waals surface area contributed by atoms with Gasteiger partial charge in [0.15, 0.2) is 0 Å². The van der Waals surface area contributed by atoms with Gasteiger partial charge in [0.05, 0.1) is 11.0 Å². The van der Waals surface area contributed by atoms with Gasteiger partial charge in [0, 0.05) is 38.1 Å². The van der Waals surface area contributed by atoms with Crippen LogP contribution < -0.4 is 5.32 Å². The molecule has 1 N–H and O–H groups in total. The molecule has 7 heteroatoms. The molecule has 3 aliphatic rings. The summed E-state index contributed by atoms with van der Waals surface area (Å²) < 4.78 is 19.2. The van der Waals surface area contributed by atoms with Crippen LogP contribution in [0, 0.1) is 12.8 Å². The van der Waals surface area contributed by atoms with Crippen LogP contribution in [0.2, 0.25) is 0 Å². The van der Waals surface area contributed by atoms with Crippen molar-refractivity contribution in [1.82, 2.24) is 19.8 Å². The van der Waals surface area contributed by atoms with Crippen molar-refractivity contribution < 1.29 is 8.42 Å². The number of nitrogens with zero attached hydrogens (tertiary/aromatic N) is 3. The van der Waals surface area contributed by atoms with Crippen molar-refractivity contribution in [1.29, 1.82) is 0 Å². The van der Waals surface area contributed by atoms with Crippen molar-refractivity contribution in [2.45, 2.75) is 83.1 Å². The minimum atomic E-state index is -0.750. The largest absolute Gasteiger partial charge is 0.335 e. The molecule has 0 spiro atoms. The summed E-state index contributed by atoms with van der Waals surface area (Å²) in [5.41, 5.74) is 3.88. The minimum Gasteiger partial charge on any atom is -0.324 e. The minimum absolute atomic E-state index is 0.575. The first-order valence-electron chi connectivity index (χ1n) is 13.0. The highest BCUT2D eigenvalue weighted by Crippen LogP contribution is 2.34. The summed E-state index contributed by atoms with van der Waals surface area (Å²) >= 11 is -0.750. The fraction of sp³-hybridized carbons (Fsp3) is 0.731. The van der Waals surface area contributed by atoms with Crippen molar-refractivity contribution >= 4 is 22.6 Å². The molecule has 182 valence electrons. The molecule has 0 bridgehead atoms. The molecule has 0 radical (unpaired) electrons. The second kappa shape index (κ2) is 12.2. The fourth-order valence-electron chi connectivity index (χ4n) is 6.22. The predicted octanol–water partition coefficient (Wildman–Crippen LogP) is 4.75. The first-order chi connectivity index (χ1) is 16.2. The Kier molecular flexibility index (Phi) is 9.10. The molecule has 6 nitrogen and oxygen atoms in total. The van der Waals surface area contributed by atoms with Crippen molar-refractivity contribution in [3.8, 4) is 0 Å². The summed E-state index contributed by atoms with van der Waals surface area (Å²) in [5, 5.41) is 3.56. The van der Waals surface area contributed by atoms with Crippen LogP contribution in [-0.2, 0) is 11.6 Å². The number of nitrogens with one attached hydrogen (secondary N) is 1. The van der Waals surface area contributed by atoms with Gasteiger partial charge in [-0.1, -0.05) is 38.2 Å². The number of likely N-dealkylation sites (tertiary alicyclic amines) is 1. The summed E-state index contributed by atoms with van der Waals surface area (Å²) in [6, 6.07) is 7.48. The summed E-state index contributed by atoms with van der Waals surface area (Å²) in [6.07, 6.45) is 14.0. The molecule has 1 aromatic carbocycles. The smallest absolute Gasteiger partial charge is 0.324 e. The van der Waals surface area contributed by atoms with Crippen LogP contribution >= 0.6 is 0 Å². The van der Waals surface area contributed by atoms with Crippen molar-refractivity contribution in [2.75, 3.05) is 32.7 Å². The Bertz CT molecular complexity index is 918. The number of rotatable bonds is 4. The molecular formula is C26H40N4O2S. The Labute approximate surface area is 202 Å². The summed E-state index contributed by atoms with van der Waals surface area (Å²) in [5.74, 6) is 2.86. The number of aromatic nitrogens is 2. The number of hydrogen-bond donors (Lipinski definition) is 1. The highest BCUT2D eigenvalue weighted by molar-refractivity contribution is 7.51. The van der Waals surface area contributed by atoms with E-state index >= 15 is 0 Å². The number of aryl methyl sites for hydroxylation is 1. The normalized spacial score (nSPS) is 23.6. The summed E-state index contributed by atoms with van der Waals surface area (Å²) in [4.78, 5) is 7.95. The lowest BCUT2D eigenvalue weighted by Gasteiger charge is -2.36. The Hall–Kier alpha value is -1.57. The van der Waals surface area contributed by atoms with Crippen LogP contribution in [0.1, 0.15) is 87.6 Å². The number of fused-ring (bicyclic) bond motifs is 1. The fourth-order valence-corrected chi connectivity index (χ4v) is 6.22. The lowest BCUT2D eigenvalue weighted by molar-refractivity contribution is 0.151. The molecule has 2 saturated heterocycles. The monoisotopic (exact) mass is 472 g/mol. The van der Waals surface area contributed by atoms with E-state index in [-0.39, 0.29) is 0 Å². The van der Waals surface area contributed by atoms with E-state index in [0.717, 1.165) is 19.0 Å². The van der Waals surface area contributed by atoms with Gasteiger partial charge in [-0.2, -0.15) is 8.42 Å². The second-order valence-electron chi connectivity index (χ2n) is 10.3. The zero-order valence-electron chi connectivity index (χ0n) is 20.1. The Balaban J connectivity index is 0.000000821. The lowest BCUT2D eigenvalue weighted by atomic mass is 9.90. The van der Waals surface area contributed by atoms with Crippen LogP contribution in [-0.4, -0.2) is 55.6 Å². The molecular weight excluding hydrogens is 432 g/mol. The first kappa shape index (κ1) is 24.6. The van der Waals surface area contributed by atoms with Gasteiger partial charge in [-0.3, -0.25) is 0 Å². The third-order valence-corrected chi connectivity index (χ3v) is 7.96. The van der Waals surface area contributed by atoms with Gasteiger partial charge >= 0.3 is 11.6 Å². The third kappa shape index (κ3) is 6.31. The van der Waals surface area contributed by atoms with Crippen molar-refractivity contribution in [3.05, 3.63) is 29.6 Å². The maximum absolute atomic E-state index is 8.29. The SMILES string of the molecule is Cc1ccc2c(c1)nc([C@@H]1CCNC1)n2C1CCN(CC2CCCCCCC2)CC1.O=S=O. The molecule has 1 aromatic heterocycles. The highest BCUT2D eigenvalue weighted by Gasteiger charge is 2.29. The number of piperidine rings is 1. The molecule has 2 aromatic rings. The van der Waals surface area contributed by atoms with E-state index in [9.17, 15) is 0 Å². The molecule has 33 heavy (non-hydrogen) atoms. The average Bonchev–Trinajstić information content (AvgIpc) is 3.44. The molecule has 2 aliphatic heterocycles. The Morgan fingerprint density at radius 2 is 1.70 bits per heavy atom. The van der Waals surface area contributed by atoms with E-state index in [4.69, 9.17) is 13.4 Å². The topological polar surface area (TPSA) is 67.2 Å². The molecule has 1 saturated carbocycles. The maximum Gasteiger partial charge on any atom is 0.335 e. The molecule has 0 unspecified atom stereocenters. The number of hydrogen-bond acceptors (Lipinski definition) is 5. The van der Waals surface area contributed by atoms with Gasteiger partial charge in [-0.15, -0.1) is 0 Å². The third-order valence-electron chi connectivity index (χ3n) is 7.96. The van der Waals surface area contributed by atoms with Gasteiger partial charge in [0.1, 0.15) is 5.82 Å². The van der Waals surface area contributed by atoms with Crippen LogP contribution in [0.25, 0.3) is 11.0 Å². The van der Waals surface area contributed by atoms with Gasteiger partial charge in [-0.25, -0.2) is 4.98 Å². The van der Waals surface area contributed by atoms with Gasteiger partial charge < -0.3 is 14.8 Å². The van der Waals surface area contributed by atoms with Crippen LogP contribution in [0.3, 0.4) is 0 Å². The molecule has 3 fully saturated rings. The maximum atomic E-state index is 8.29. The number of imidazole rings is 1. The quantitative estimate of drug-likeness (QED) is 0.696. The van der Waals surface area contributed by atoms with Crippen LogP contribution in [0.5, 0.6) is 0 Å². The second-order valence-corrected chi connectivity index (χ2v) is 10.5. The zero-order valence-corrected chi connectivity index (χ0v) is 21.0. The van der Waals surface area contributed by atoms with Crippen molar-refractivity contribution in [3.63, 3.8) is 0 Å². The molecule has 3 heterocycles. The highest BCUT2D eigenvalue weighted by atomic mass is 32.1. The van der Waals surface area contributed by atoms with Gasteiger partial charge in [0.2, 0.25) is 0 Å². The lowest BCUT2D eigenvalue weighted by Crippen LogP contribution is -2.38. The van der Waals surface area contributed by atoms with Gasteiger partial charge in [0.25, 0.3) is 0 Å². The summed E-state index contributed by atoms with van der Waals surface area (Å²) in [7, 11) is 0. The molecule has 5 rings (SSSR count). The molecule has 1 atom stereocenters. The Morgan fingerprint density at radius 1 is 1.00 bits per heavy atom. The van der Waals surface area contributed by atoms with Crippen LogP contribution in [0.15, 0.2) is 18.2 Å². The van der Waals surface area contributed by atoms with E-state index in [0.29, 0.717) is 12.0 Å². The van der Waals surface area contributed by atoms with E-state index < -0.39 is 11.6 Å². The predicted molar refractivity (Wildman–Crippen MR) is 134 cm³/mol. The molecule has 0 amide bonds. The standard InChI is InChI=1S/C26H40N4.O2S/c1-20-9-10-25-24(17-20)28-26(22-11-14-27-18-22)30(25)23-12-15-29(16-13-23)19-21-7-5-3-2-4-6-8-21;1-3-2/h9-10,17,21-23,27H,2-8,11-16,18-19H2,1H3;/t22-;/m1./s1. The van der Waals surface area contributed by atoms with E-state index in [1.165, 1.54) is 106 Å². The average molecular weight is 473 g/mol. The van der Waals surface area contributed by atoms with E-state index in [1.54, 1.807) is 0 Å². The van der Waals surface area contributed by atoms with E-state index in [2.05, 4.69) is 39.9 Å². The first-order valence-corrected chi connectivity index (χ1v) is 13.7. The van der Waals surface area contributed by atoms with E-state index in [1.807, 2.05) is 0 Å². The Morgan fingerprint density at radius 3 is 2.36 bits per heavy atom. The zero-order chi connectivity index (χ0) is 23.0. The molecule has 1 aliphatic carbocycles. The number of benzene rings is 1. The van der Waals surface area contributed by atoms with Crippen LogP contribution in [0.4, 0.5) is 0 Å². The van der Waals surface area contributed by atoms with Gasteiger partial charge in [-0.05, 0) is 69.2 Å².